The number of nitrogens with zero attached hydrogens (tertiary/aromatic N) is 1. The van der Waals surface area contributed by atoms with Crippen molar-refractivity contribution in [2.45, 2.75) is 79.2 Å². The van der Waals surface area contributed by atoms with Gasteiger partial charge in [-0.05, 0) is 63.5 Å². The first kappa shape index (κ1) is 19.5. The third kappa shape index (κ3) is 6.68. The number of amides is 1. The first-order valence-electron chi connectivity index (χ1n) is 9.57. The highest BCUT2D eigenvalue weighted by molar-refractivity contribution is 5.78. The van der Waals surface area contributed by atoms with E-state index in [2.05, 4.69) is 17.1 Å². The van der Waals surface area contributed by atoms with Crippen molar-refractivity contribution in [3.05, 3.63) is 0 Å². The van der Waals surface area contributed by atoms with Crippen LogP contribution in [0.5, 0.6) is 0 Å². The minimum atomic E-state index is 0.114. The number of carbonyl (C=O) groups is 1. The molecule has 0 radical (unpaired) electrons. The summed E-state index contributed by atoms with van der Waals surface area (Å²) in [5.74, 6) is 2.12. The van der Waals surface area contributed by atoms with Crippen LogP contribution in [-0.4, -0.2) is 36.5 Å². The van der Waals surface area contributed by atoms with E-state index in [9.17, 15) is 4.79 Å². The Balaban J connectivity index is 0.00000116. The van der Waals surface area contributed by atoms with Gasteiger partial charge in [-0.25, -0.2) is 0 Å². The van der Waals surface area contributed by atoms with Crippen LogP contribution in [0.4, 0.5) is 0 Å². The molecule has 1 heterocycles. The largest absolute Gasteiger partial charge is 0.353 e. The van der Waals surface area contributed by atoms with E-state index in [4.69, 9.17) is 0 Å². The molecule has 1 N–H and O–H groups in total. The van der Waals surface area contributed by atoms with Gasteiger partial charge < -0.3 is 10.2 Å². The Morgan fingerprint density at radius 2 is 1.59 bits per heavy atom. The van der Waals surface area contributed by atoms with Gasteiger partial charge in [-0.2, -0.15) is 0 Å². The van der Waals surface area contributed by atoms with E-state index >= 15 is 0 Å². The molecule has 0 aromatic carbocycles. The van der Waals surface area contributed by atoms with Crippen LogP contribution in [-0.2, 0) is 4.79 Å². The van der Waals surface area contributed by atoms with Gasteiger partial charge in [0.2, 0.25) is 5.91 Å². The molecule has 0 aromatic heterocycles. The Morgan fingerprint density at radius 3 is 2.09 bits per heavy atom. The van der Waals surface area contributed by atoms with Crippen molar-refractivity contribution >= 4 is 5.91 Å². The maximum atomic E-state index is 11.7. The molecule has 1 aliphatic heterocycles. The minimum absolute atomic E-state index is 0.114. The molecule has 22 heavy (non-hydrogen) atoms. The molecule has 0 unspecified atom stereocenters. The lowest BCUT2D eigenvalue weighted by Crippen LogP contribution is -2.42. The molecule has 130 valence electrons. The molecule has 0 atom stereocenters. The second-order valence-electron chi connectivity index (χ2n) is 7.36. The Kier molecular flexibility index (Phi) is 9.08. The predicted octanol–water partition coefficient (Wildman–Crippen LogP) is 4.08. The monoisotopic (exact) mass is 310 g/mol. The summed E-state index contributed by atoms with van der Waals surface area (Å²) in [6, 6.07) is 0.433. The van der Waals surface area contributed by atoms with Crippen LogP contribution in [0.2, 0.25) is 0 Å². The third-order valence-corrected chi connectivity index (χ3v) is 5.11. The zero-order chi connectivity index (χ0) is 16.5. The zero-order valence-electron chi connectivity index (χ0n) is 15.5. The van der Waals surface area contributed by atoms with E-state index < -0.39 is 0 Å². The fourth-order valence-corrected chi connectivity index (χ4v) is 3.47. The van der Waals surface area contributed by atoms with Gasteiger partial charge >= 0.3 is 0 Å². The third-order valence-electron chi connectivity index (χ3n) is 5.11. The van der Waals surface area contributed by atoms with Crippen molar-refractivity contribution < 1.29 is 4.79 Å². The smallest absolute Gasteiger partial charge is 0.222 e. The summed E-state index contributed by atoms with van der Waals surface area (Å²) < 4.78 is 0. The highest BCUT2D eigenvalue weighted by Crippen LogP contribution is 2.27. The Bertz CT molecular complexity index is 301. The standard InChI is InChI=1S/C17H32N2O.C2H6/c1-13(2)17(20)18-16-6-4-15(5-7-16)12-19-10-8-14(3)9-11-19;1-2/h13-16H,4-12H2,1-3H3,(H,18,20);1-2H3. The van der Waals surface area contributed by atoms with Gasteiger partial charge in [-0.1, -0.05) is 34.6 Å². The fourth-order valence-electron chi connectivity index (χ4n) is 3.47. The molecule has 1 saturated carbocycles. The quantitative estimate of drug-likeness (QED) is 0.848. The van der Waals surface area contributed by atoms with E-state index in [1.165, 1.54) is 58.2 Å². The first-order valence-corrected chi connectivity index (χ1v) is 9.57. The number of nitrogens with one attached hydrogen (secondary N) is 1. The van der Waals surface area contributed by atoms with Gasteiger partial charge in [0.05, 0.1) is 0 Å². The van der Waals surface area contributed by atoms with E-state index in [-0.39, 0.29) is 11.8 Å². The van der Waals surface area contributed by atoms with Crippen molar-refractivity contribution in [3.8, 4) is 0 Å². The summed E-state index contributed by atoms with van der Waals surface area (Å²) >= 11 is 0. The normalized spacial score (nSPS) is 27.2. The van der Waals surface area contributed by atoms with Crippen LogP contribution < -0.4 is 5.32 Å². The lowest BCUT2D eigenvalue weighted by atomic mass is 9.85. The molecule has 0 spiro atoms. The van der Waals surface area contributed by atoms with Crippen LogP contribution in [0.3, 0.4) is 0 Å². The molecule has 1 saturated heterocycles. The Hall–Kier alpha value is -0.570. The molecule has 2 aliphatic rings. The van der Waals surface area contributed by atoms with Crippen LogP contribution in [0.15, 0.2) is 0 Å². The van der Waals surface area contributed by atoms with Crippen molar-refractivity contribution in [2.75, 3.05) is 19.6 Å². The molecular formula is C19H38N2O. The lowest BCUT2D eigenvalue weighted by molar-refractivity contribution is -0.125. The first-order chi connectivity index (χ1) is 10.5. The van der Waals surface area contributed by atoms with Gasteiger partial charge in [0, 0.05) is 18.5 Å². The van der Waals surface area contributed by atoms with Crippen LogP contribution in [0, 0.1) is 17.8 Å². The summed E-state index contributed by atoms with van der Waals surface area (Å²) in [5, 5.41) is 3.20. The van der Waals surface area contributed by atoms with E-state index in [0.717, 1.165) is 11.8 Å². The van der Waals surface area contributed by atoms with Gasteiger partial charge in [0.25, 0.3) is 0 Å². The zero-order valence-corrected chi connectivity index (χ0v) is 15.5. The van der Waals surface area contributed by atoms with Crippen LogP contribution in [0.1, 0.15) is 73.1 Å². The minimum Gasteiger partial charge on any atom is -0.353 e. The van der Waals surface area contributed by atoms with E-state index in [1.54, 1.807) is 0 Å². The van der Waals surface area contributed by atoms with Gasteiger partial charge in [0.15, 0.2) is 0 Å². The molecule has 2 fully saturated rings. The number of hydrogen-bond donors (Lipinski definition) is 1. The van der Waals surface area contributed by atoms with Crippen molar-refractivity contribution in [1.29, 1.82) is 0 Å². The highest BCUT2D eigenvalue weighted by Gasteiger charge is 2.25. The molecule has 3 heteroatoms. The van der Waals surface area contributed by atoms with Crippen molar-refractivity contribution in [3.63, 3.8) is 0 Å². The molecule has 1 aliphatic carbocycles. The van der Waals surface area contributed by atoms with Crippen molar-refractivity contribution in [1.82, 2.24) is 10.2 Å². The number of likely N-dealkylation sites (tertiary alicyclic amines) is 1. The van der Waals surface area contributed by atoms with Crippen LogP contribution >= 0.6 is 0 Å². The second-order valence-corrected chi connectivity index (χ2v) is 7.36. The Morgan fingerprint density at radius 1 is 1.05 bits per heavy atom. The summed E-state index contributed by atoms with van der Waals surface area (Å²) in [5.41, 5.74) is 0. The molecule has 0 aromatic rings. The van der Waals surface area contributed by atoms with Gasteiger partial charge in [0.1, 0.15) is 0 Å². The number of carbonyl (C=O) groups excluding carboxylic acids is 1. The lowest BCUT2D eigenvalue weighted by Gasteiger charge is -2.36. The topological polar surface area (TPSA) is 32.3 Å². The molecule has 1 amide bonds. The number of hydrogen-bond acceptors (Lipinski definition) is 2. The maximum Gasteiger partial charge on any atom is 0.222 e. The summed E-state index contributed by atoms with van der Waals surface area (Å²) in [7, 11) is 0. The maximum absolute atomic E-state index is 11.7. The molecule has 0 bridgehead atoms. The van der Waals surface area contributed by atoms with E-state index in [1.807, 2.05) is 27.7 Å². The van der Waals surface area contributed by atoms with Crippen molar-refractivity contribution in [2.24, 2.45) is 17.8 Å². The average molecular weight is 311 g/mol. The van der Waals surface area contributed by atoms with Gasteiger partial charge in [-0.3, -0.25) is 4.79 Å². The second kappa shape index (κ2) is 10.3. The summed E-state index contributed by atoms with van der Waals surface area (Å²) in [6.45, 7) is 14.2. The number of rotatable bonds is 4. The van der Waals surface area contributed by atoms with E-state index in [0.29, 0.717) is 6.04 Å². The fraction of sp³-hybridized carbons (Fsp3) is 0.947. The molecular weight excluding hydrogens is 272 g/mol. The predicted molar refractivity (Wildman–Crippen MR) is 94.9 cm³/mol. The van der Waals surface area contributed by atoms with Crippen LogP contribution in [0.25, 0.3) is 0 Å². The highest BCUT2D eigenvalue weighted by atomic mass is 16.1. The molecule has 2 rings (SSSR count). The average Bonchev–Trinajstić information content (AvgIpc) is 2.53. The van der Waals surface area contributed by atoms with Gasteiger partial charge in [-0.15, -0.1) is 0 Å². The molecule has 3 nitrogen and oxygen atoms in total. The SMILES string of the molecule is CC.CC1CCN(CC2CCC(NC(=O)C(C)C)CC2)CC1. The summed E-state index contributed by atoms with van der Waals surface area (Å²) in [4.78, 5) is 14.4. The Labute approximate surface area is 138 Å². The summed E-state index contributed by atoms with van der Waals surface area (Å²) in [6.07, 6.45) is 7.67. The number of piperidine rings is 1.